The van der Waals surface area contributed by atoms with Crippen molar-refractivity contribution in [1.29, 1.82) is 0 Å². The Labute approximate surface area is 198 Å². The minimum absolute atomic E-state index is 0.0586. The van der Waals surface area contributed by atoms with Crippen LogP contribution in [-0.2, 0) is 7.05 Å². The molecule has 2 atom stereocenters. The largest absolute Gasteiger partial charge is 0.365 e. The maximum Gasteiger partial charge on any atom is 0.269 e. The van der Waals surface area contributed by atoms with E-state index < -0.39 is 11.6 Å². The van der Waals surface area contributed by atoms with Gasteiger partial charge in [0.25, 0.3) is 5.91 Å². The highest BCUT2D eigenvalue weighted by Crippen LogP contribution is 2.31. The van der Waals surface area contributed by atoms with Gasteiger partial charge in [-0.15, -0.1) is 0 Å². The highest BCUT2D eigenvalue weighted by Gasteiger charge is 2.26. The fourth-order valence-electron chi connectivity index (χ4n) is 4.44. The van der Waals surface area contributed by atoms with Crippen LogP contribution in [0.3, 0.4) is 0 Å². The van der Waals surface area contributed by atoms with Crippen LogP contribution >= 0.6 is 11.6 Å². The van der Waals surface area contributed by atoms with Gasteiger partial charge in [0.15, 0.2) is 17.5 Å². The predicted octanol–water partition coefficient (Wildman–Crippen LogP) is 4.44. The number of H-pyrrole nitrogens is 1. The minimum Gasteiger partial charge on any atom is -0.365 e. The van der Waals surface area contributed by atoms with Crippen molar-refractivity contribution >= 4 is 34.2 Å². The van der Waals surface area contributed by atoms with Gasteiger partial charge >= 0.3 is 0 Å². The van der Waals surface area contributed by atoms with Gasteiger partial charge in [0.1, 0.15) is 11.5 Å². The first-order chi connectivity index (χ1) is 16.4. The molecule has 4 aromatic rings. The van der Waals surface area contributed by atoms with Crippen molar-refractivity contribution in [3.05, 3.63) is 59.1 Å². The van der Waals surface area contributed by atoms with Gasteiger partial charge in [0.05, 0.1) is 11.7 Å². The van der Waals surface area contributed by atoms with Crippen LogP contribution in [0.15, 0.2) is 36.8 Å². The Bertz CT molecular complexity index is 1370. The summed E-state index contributed by atoms with van der Waals surface area (Å²) >= 11 is 6.01. The van der Waals surface area contributed by atoms with E-state index >= 15 is 0 Å². The number of halogens is 3. The maximum atomic E-state index is 14.6. The lowest BCUT2D eigenvalue weighted by atomic mass is 9.91. The zero-order valence-corrected chi connectivity index (χ0v) is 19.0. The second-order valence-electron chi connectivity index (χ2n) is 8.42. The fraction of sp³-hybridized carbons (Fsp3) is 0.304. The molecular formula is C23H22ClF2N7O. The monoisotopic (exact) mass is 485 g/mol. The molecule has 1 amide bonds. The number of nitrogens with one attached hydrogen (secondary N) is 3. The van der Waals surface area contributed by atoms with Gasteiger partial charge in [0.2, 0.25) is 0 Å². The number of aromatic amines is 1. The van der Waals surface area contributed by atoms with E-state index in [0.29, 0.717) is 23.1 Å². The summed E-state index contributed by atoms with van der Waals surface area (Å²) in [5.74, 6) is -0.963. The third kappa shape index (κ3) is 4.33. The Hall–Kier alpha value is -3.53. The van der Waals surface area contributed by atoms with Crippen LogP contribution in [-0.4, -0.2) is 42.7 Å². The van der Waals surface area contributed by atoms with Crippen LogP contribution in [0, 0.1) is 11.6 Å². The predicted molar refractivity (Wildman–Crippen MR) is 125 cm³/mol. The smallest absolute Gasteiger partial charge is 0.269 e. The zero-order valence-electron chi connectivity index (χ0n) is 18.3. The number of anilines is 1. The second-order valence-corrected chi connectivity index (χ2v) is 8.86. The average molecular weight is 486 g/mol. The van der Waals surface area contributed by atoms with E-state index in [2.05, 4.69) is 30.7 Å². The Morgan fingerprint density at radius 2 is 2.06 bits per heavy atom. The molecule has 1 aliphatic carbocycles. The van der Waals surface area contributed by atoms with Crippen molar-refractivity contribution in [2.75, 3.05) is 5.32 Å². The van der Waals surface area contributed by atoms with Crippen LogP contribution in [0.25, 0.3) is 22.3 Å². The summed E-state index contributed by atoms with van der Waals surface area (Å²) in [6, 6.07) is 4.35. The molecule has 1 unspecified atom stereocenters. The summed E-state index contributed by atoms with van der Waals surface area (Å²) in [5, 5.41) is 11.0. The van der Waals surface area contributed by atoms with E-state index in [-0.39, 0.29) is 40.2 Å². The first-order valence-electron chi connectivity index (χ1n) is 10.9. The van der Waals surface area contributed by atoms with E-state index in [9.17, 15) is 13.6 Å². The van der Waals surface area contributed by atoms with Gasteiger partial charge in [0, 0.05) is 47.5 Å². The van der Waals surface area contributed by atoms with E-state index in [1.165, 1.54) is 10.7 Å². The van der Waals surface area contributed by atoms with Crippen molar-refractivity contribution in [2.24, 2.45) is 7.05 Å². The van der Waals surface area contributed by atoms with Crippen LogP contribution in [0.1, 0.15) is 36.2 Å². The van der Waals surface area contributed by atoms with Crippen LogP contribution in [0.2, 0.25) is 5.02 Å². The lowest BCUT2D eigenvalue weighted by Crippen LogP contribution is -2.42. The number of fused-ring (bicyclic) bond motifs is 1. The molecule has 0 spiro atoms. The van der Waals surface area contributed by atoms with Crippen molar-refractivity contribution in [3.63, 3.8) is 0 Å². The average Bonchev–Trinajstić information content (AvgIpc) is 3.42. The Kier molecular flexibility index (Phi) is 5.91. The number of nitrogens with zero attached hydrogens (tertiary/aromatic N) is 4. The lowest BCUT2D eigenvalue weighted by molar-refractivity contribution is 0.0917. The molecule has 176 valence electrons. The first kappa shape index (κ1) is 22.3. The molecule has 11 heteroatoms. The SMILES string of the molecule is Cn1nccc1C(=O)NC1CCC[C@H](Nc2nc(-c3c[nH]c4c(F)cc(Cl)cc34)ncc2F)C1. The molecule has 0 radical (unpaired) electrons. The number of rotatable bonds is 5. The quantitative estimate of drug-likeness (QED) is 0.388. The van der Waals surface area contributed by atoms with Crippen LogP contribution in [0.4, 0.5) is 14.6 Å². The lowest BCUT2D eigenvalue weighted by Gasteiger charge is -2.30. The van der Waals surface area contributed by atoms with Gasteiger partial charge < -0.3 is 15.6 Å². The number of hydrogen-bond donors (Lipinski definition) is 3. The fourth-order valence-corrected chi connectivity index (χ4v) is 4.64. The number of benzene rings is 1. The molecule has 0 bridgehead atoms. The zero-order chi connectivity index (χ0) is 23.8. The number of amides is 1. The van der Waals surface area contributed by atoms with Crippen molar-refractivity contribution in [2.45, 2.75) is 37.8 Å². The van der Waals surface area contributed by atoms with Gasteiger partial charge in [-0.05, 0) is 43.9 Å². The third-order valence-electron chi connectivity index (χ3n) is 6.09. The molecule has 1 saturated carbocycles. The first-order valence-corrected chi connectivity index (χ1v) is 11.3. The summed E-state index contributed by atoms with van der Waals surface area (Å²) in [4.78, 5) is 23.9. The molecule has 0 aliphatic heterocycles. The highest BCUT2D eigenvalue weighted by molar-refractivity contribution is 6.31. The van der Waals surface area contributed by atoms with Gasteiger partial charge in [-0.1, -0.05) is 11.6 Å². The van der Waals surface area contributed by atoms with E-state index in [4.69, 9.17) is 11.6 Å². The second kappa shape index (κ2) is 9.02. The number of carbonyl (C=O) groups is 1. The topological polar surface area (TPSA) is 101 Å². The molecule has 3 heterocycles. The molecule has 5 rings (SSSR count). The summed E-state index contributed by atoms with van der Waals surface area (Å²) in [5.41, 5.74) is 1.28. The van der Waals surface area contributed by atoms with E-state index in [1.54, 1.807) is 31.6 Å². The summed E-state index contributed by atoms with van der Waals surface area (Å²) < 4.78 is 30.3. The molecule has 1 aliphatic rings. The number of aryl methyl sites for hydroxylation is 1. The van der Waals surface area contributed by atoms with Crippen LogP contribution in [0.5, 0.6) is 0 Å². The molecule has 1 fully saturated rings. The van der Waals surface area contributed by atoms with Crippen molar-refractivity contribution in [1.82, 2.24) is 30.0 Å². The third-order valence-corrected chi connectivity index (χ3v) is 6.31. The van der Waals surface area contributed by atoms with E-state index in [0.717, 1.165) is 25.5 Å². The molecule has 3 N–H and O–H groups in total. The summed E-state index contributed by atoms with van der Waals surface area (Å²) in [7, 11) is 1.71. The number of hydrogen-bond acceptors (Lipinski definition) is 5. The summed E-state index contributed by atoms with van der Waals surface area (Å²) in [6.07, 6.45) is 7.38. The van der Waals surface area contributed by atoms with Gasteiger partial charge in [-0.25, -0.2) is 18.7 Å². The molecule has 0 saturated heterocycles. The molecule has 8 nitrogen and oxygen atoms in total. The van der Waals surface area contributed by atoms with Crippen molar-refractivity contribution in [3.8, 4) is 11.4 Å². The summed E-state index contributed by atoms with van der Waals surface area (Å²) in [6.45, 7) is 0. The normalized spacial score (nSPS) is 18.2. The van der Waals surface area contributed by atoms with Gasteiger partial charge in [-0.3, -0.25) is 9.48 Å². The molecule has 1 aromatic carbocycles. The van der Waals surface area contributed by atoms with E-state index in [1.807, 2.05) is 0 Å². The number of aromatic nitrogens is 5. The Morgan fingerprint density at radius 1 is 1.24 bits per heavy atom. The Morgan fingerprint density at radius 3 is 2.85 bits per heavy atom. The minimum atomic E-state index is -0.589. The molecule has 3 aromatic heterocycles. The number of carbonyl (C=O) groups excluding carboxylic acids is 1. The maximum absolute atomic E-state index is 14.6. The Balaban J connectivity index is 1.33. The molecule has 34 heavy (non-hydrogen) atoms. The van der Waals surface area contributed by atoms with Crippen molar-refractivity contribution < 1.29 is 13.6 Å². The molecular weight excluding hydrogens is 464 g/mol. The van der Waals surface area contributed by atoms with Crippen LogP contribution < -0.4 is 10.6 Å². The van der Waals surface area contributed by atoms with Gasteiger partial charge in [-0.2, -0.15) is 5.10 Å². The highest BCUT2D eigenvalue weighted by atomic mass is 35.5. The standard InChI is InChI=1S/C23H22ClF2N7O/c1-33-19(5-6-29-33)23(34)31-14-4-2-3-13(9-14)30-22-18(26)11-28-21(32-22)16-10-27-20-15(16)7-12(24)8-17(20)25/h5-8,10-11,13-14,27H,2-4,9H2,1H3,(H,31,34)(H,28,30,32)/t13-,14?/m0/s1.